The molecule has 0 aliphatic heterocycles. The number of carbonyl (C=O) groups is 2. The summed E-state index contributed by atoms with van der Waals surface area (Å²) in [6.45, 7) is 1.92. The molecule has 3 rings (SSSR count). The second-order valence-corrected chi connectivity index (χ2v) is 7.44. The number of nitrogens with zero attached hydrogens (tertiary/aromatic N) is 1. The number of aryl methyl sites for hydroxylation is 1. The Bertz CT molecular complexity index is 1000. The van der Waals surface area contributed by atoms with Crippen molar-refractivity contribution in [2.24, 2.45) is 0 Å². The van der Waals surface area contributed by atoms with E-state index >= 15 is 0 Å². The van der Waals surface area contributed by atoms with E-state index in [9.17, 15) is 14.7 Å². The van der Waals surface area contributed by atoms with E-state index in [1.165, 1.54) is 29.5 Å². The molecule has 0 unspecified atom stereocenters. The molecule has 0 saturated carbocycles. The van der Waals surface area contributed by atoms with Crippen molar-refractivity contribution in [2.45, 2.75) is 20.0 Å². The average Bonchev–Trinajstić information content (AvgIpc) is 3.09. The summed E-state index contributed by atoms with van der Waals surface area (Å²) in [6, 6.07) is 11.7. The lowest BCUT2D eigenvalue weighted by atomic mass is 10.2. The number of carbonyl (C=O) groups excluding carboxylic acids is 2. The molecule has 0 spiro atoms. The highest BCUT2D eigenvalue weighted by molar-refractivity contribution is 7.09. The van der Waals surface area contributed by atoms with Gasteiger partial charge in [-0.3, -0.25) is 4.79 Å². The van der Waals surface area contributed by atoms with Crippen LogP contribution in [-0.2, 0) is 22.6 Å². The van der Waals surface area contributed by atoms with E-state index in [2.05, 4.69) is 10.3 Å². The lowest BCUT2D eigenvalue weighted by molar-refractivity contribution is -0.115. The molecule has 0 saturated heterocycles. The lowest BCUT2D eigenvalue weighted by Crippen LogP contribution is -2.14. The monoisotopic (exact) mass is 416 g/mol. The van der Waals surface area contributed by atoms with Gasteiger partial charge in [-0.05, 0) is 37.3 Å². The number of hydrogen-bond acceptors (Lipinski definition) is 6. The molecule has 0 aliphatic rings. The first-order valence-corrected chi connectivity index (χ1v) is 9.62. The summed E-state index contributed by atoms with van der Waals surface area (Å²) >= 11 is 7.06. The number of rotatable bonds is 6. The van der Waals surface area contributed by atoms with Gasteiger partial charge in [0.15, 0.2) is 0 Å². The molecule has 0 bridgehead atoms. The second kappa shape index (κ2) is 8.86. The number of thiazole rings is 1. The number of hydrogen-bond donors (Lipinski definition) is 2. The van der Waals surface area contributed by atoms with Crippen LogP contribution in [0.25, 0.3) is 0 Å². The summed E-state index contributed by atoms with van der Waals surface area (Å²) in [6.07, 6.45) is 0.129. The van der Waals surface area contributed by atoms with Gasteiger partial charge in [0.05, 0.1) is 12.1 Å². The van der Waals surface area contributed by atoms with Crippen LogP contribution in [0.2, 0.25) is 5.02 Å². The molecule has 2 N–H and O–H groups in total. The largest absolute Gasteiger partial charge is 0.507 e. The maximum absolute atomic E-state index is 12.1. The third-order valence-corrected chi connectivity index (χ3v) is 4.91. The Kier molecular flexibility index (Phi) is 6.28. The highest BCUT2D eigenvalue weighted by Crippen LogP contribution is 2.23. The SMILES string of the molecule is Cc1ccc(NC(=O)Cc2nc(COC(=O)c3ccc(Cl)cc3O)cs2)cc1. The maximum atomic E-state index is 12.1. The molecule has 8 heteroatoms. The van der Waals surface area contributed by atoms with Gasteiger partial charge in [-0.1, -0.05) is 29.3 Å². The number of ether oxygens (including phenoxy) is 1. The van der Waals surface area contributed by atoms with Gasteiger partial charge in [-0.15, -0.1) is 11.3 Å². The molecule has 0 radical (unpaired) electrons. The van der Waals surface area contributed by atoms with E-state index in [1.807, 2.05) is 31.2 Å². The summed E-state index contributed by atoms with van der Waals surface area (Å²) in [7, 11) is 0. The molecule has 1 heterocycles. The van der Waals surface area contributed by atoms with Gasteiger partial charge in [-0.25, -0.2) is 9.78 Å². The van der Waals surface area contributed by atoms with Crippen LogP contribution in [0.5, 0.6) is 5.75 Å². The van der Waals surface area contributed by atoms with Crippen LogP contribution in [0.3, 0.4) is 0 Å². The van der Waals surface area contributed by atoms with Crippen molar-refractivity contribution >= 4 is 40.5 Å². The van der Waals surface area contributed by atoms with Crippen LogP contribution in [0.15, 0.2) is 47.8 Å². The highest BCUT2D eigenvalue weighted by atomic mass is 35.5. The first-order chi connectivity index (χ1) is 13.4. The minimum atomic E-state index is -0.680. The molecule has 1 amide bonds. The molecule has 0 atom stereocenters. The zero-order valence-electron chi connectivity index (χ0n) is 14.9. The normalized spacial score (nSPS) is 10.5. The van der Waals surface area contributed by atoms with Gasteiger partial charge in [-0.2, -0.15) is 0 Å². The van der Waals surface area contributed by atoms with E-state index in [-0.39, 0.29) is 30.2 Å². The predicted octanol–water partition coefficient (Wildman–Crippen LogP) is 4.35. The Hall–Kier alpha value is -2.90. The van der Waals surface area contributed by atoms with Gasteiger partial charge in [0.1, 0.15) is 22.9 Å². The number of phenols is 1. The zero-order valence-corrected chi connectivity index (χ0v) is 16.5. The molecule has 0 aliphatic carbocycles. The van der Waals surface area contributed by atoms with Crippen molar-refractivity contribution in [1.29, 1.82) is 0 Å². The van der Waals surface area contributed by atoms with Crippen molar-refractivity contribution in [2.75, 3.05) is 5.32 Å². The number of aromatic nitrogens is 1. The average molecular weight is 417 g/mol. The summed E-state index contributed by atoms with van der Waals surface area (Å²) in [5, 5.41) is 15.2. The Morgan fingerprint density at radius 2 is 1.96 bits per heavy atom. The molecule has 28 heavy (non-hydrogen) atoms. The van der Waals surface area contributed by atoms with Crippen LogP contribution >= 0.6 is 22.9 Å². The fraction of sp³-hybridized carbons (Fsp3) is 0.150. The number of anilines is 1. The third kappa shape index (κ3) is 5.31. The Morgan fingerprint density at radius 3 is 2.68 bits per heavy atom. The third-order valence-electron chi connectivity index (χ3n) is 3.78. The zero-order chi connectivity index (χ0) is 20.1. The number of amides is 1. The molecule has 1 aromatic heterocycles. The summed E-state index contributed by atoms with van der Waals surface area (Å²) in [5.74, 6) is -1.10. The standard InChI is InChI=1S/C20H17ClN2O4S/c1-12-2-5-14(6-3-12)22-18(25)9-19-23-15(11-28-19)10-27-20(26)16-7-4-13(21)8-17(16)24/h2-8,11,24H,9-10H2,1H3,(H,22,25). The molecule has 144 valence electrons. The number of phenolic OH excluding ortho intramolecular Hbond substituents is 1. The Balaban J connectivity index is 1.53. The molecule has 6 nitrogen and oxygen atoms in total. The molecular weight excluding hydrogens is 400 g/mol. The second-order valence-electron chi connectivity index (χ2n) is 6.06. The smallest absolute Gasteiger partial charge is 0.342 e. The van der Waals surface area contributed by atoms with E-state index in [1.54, 1.807) is 5.38 Å². The molecule has 0 fully saturated rings. The lowest BCUT2D eigenvalue weighted by Gasteiger charge is -2.05. The minimum absolute atomic E-state index is 0.0253. The fourth-order valence-electron chi connectivity index (χ4n) is 2.37. The van der Waals surface area contributed by atoms with Crippen LogP contribution in [0.4, 0.5) is 5.69 Å². The van der Waals surface area contributed by atoms with E-state index < -0.39 is 5.97 Å². The predicted molar refractivity (Wildman–Crippen MR) is 108 cm³/mol. The molecule has 2 aromatic carbocycles. The number of benzene rings is 2. The number of aromatic hydroxyl groups is 1. The van der Waals surface area contributed by atoms with Crippen LogP contribution in [0.1, 0.15) is 26.6 Å². The van der Waals surface area contributed by atoms with Crippen LogP contribution in [-0.4, -0.2) is 22.0 Å². The number of esters is 1. The van der Waals surface area contributed by atoms with E-state index in [0.717, 1.165) is 11.3 Å². The number of halogens is 1. The van der Waals surface area contributed by atoms with Gasteiger partial charge in [0.2, 0.25) is 5.91 Å². The summed E-state index contributed by atoms with van der Waals surface area (Å²) in [4.78, 5) is 28.5. The van der Waals surface area contributed by atoms with Crippen LogP contribution < -0.4 is 5.32 Å². The van der Waals surface area contributed by atoms with Crippen LogP contribution in [0, 0.1) is 6.92 Å². The first kappa shape index (κ1) is 19.9. The Labute approximate surface area is 170 Å². The van der Waals surface area contributed by atoms with E-state index in [0.29, 0.717) is 15.7 Å². The molecular formula is C20H17ClN2O4S. The summed E-state index contributed by atoms with van der Waals surface area (Å²) < 4.78 is 5.16. The van der Waals surface area contributed by atoms with Gasteiger partial charge >= 0.3 is 5.97 Å². The maximum Gasteiger partial charge on any atom is 0.342 e. The fourth-order valence-corrected chi connectivity index (χ4v) is 3.31. The van der Waals surface area contributed by atoms with Gasteiger partial charge in [0, 0.05) is 16.1 Å². The summed E-state index contributed by atoms with van der Waals surface area (Å²) in [5.41, 5.74) is 2.40. The Morgan fingerprint density at radius 1 is 1.21 bits per heavy atom. The van der Waals surface area contributed by atoms with Crippen molar-refractivity contribution in [3.63, 3.8) is 0 Å². The topological polar surface area (TPSA) is 88.5 Å². The van der Waals surface area contributed by atoms with Crippen molar-refractivity contribution in [3.05, 3.63) is 74.7 Å². The number of nitrogens with one attached hydrogen (secondary N) is 1. The van der Waals surface area contributed by atoms with Gasteiger partial charge in [0.25, 0.3) is 0 Å². The van der Waals surface area contributed by atoms with Crippen molar-refractivity contribution in [1.82, 2.24) is 4.98 Å². The quantitative estimate of drug-likeness (QED) is 0.583. The van der Waals surface area contributed by atoms with Crippen molar-refractivity contribution < 1.29 is 19.4 Å². The van der Waals surface area contributed by atoms with Crippen molar-refractivity contribution in [3.8, 4) is 5.75 Å². The first-order valence-electron chi connectivity index (χ1n) is 8.36. The van der Waals surface area contributed by atoms with Gasteiger partial charge < -0.3 is 15.2 Å². The molecule has 3 aromatic rings. The van der Waals surface area contributed by atoms with E-state index in [4.69, 9.17) is 16.3 Å². The highest BCUT2D eigenvalue weighted by Gasteiger charge is 2.14. The minimum Gasteiger partial charge on any atom is -0.507 e.